The van der Waals surface area contributed by atoms with E-state index in [9.17, 15) is 14.7 Å². The number of hydrogen-bond donors (Lipinski definition) is 2. The number of quaternary nitrogens is 1. The molecule has 2 N–H and O–H groups in total. The molecule has 1 unspecified atom stereocenters. The second-order valence-electron chi connectivity index (χ2n) is 9.68. The van der Waals surface area contributed by atoms with Crippen LogP contribution in [0.1, 0.15) is 44.1 Å². The minimum atomic E-state index is -1.59. The van der Waals surface area contributed by atoms with E-state index < -0.39 is 11.6 Å². The first-order valence-corrected chi connectivity index (χ1v) is 12.7. The zero-order chi connectivity index (χ0) is 22.9. The summed E-state index contributed by atoms with van der Waals surface area (Å²) in [6.45, 7) is 2.62. The molecule has 10 heteroatoms. The third kappa shape index (κ3) is 4.39. The molecule has 2 bridgehead atoms. The van der Waals surface area contributed by atoms with E-state index in [1.54, 1.807) is 0 Å². The van der Waals surface area contributed by atoms with Crippen LogP contribution in [0.15, 0.2) is 29.5 Å². The minimum Gasteiger partial charge on any atom is -0.454 e. The number of nitrogens with zero attached hydrogens (tertiary/aromatic N) is 4. The van der Waals surface area contributed by atoms with Crippen LogP contribution < -0.4 is 5.32 Å². The molecule has 0 radical (unpaired) electrons. The van der Waals surface area contributed by atoms with Gasteiger partial charge in [0.25, 0.3) is 5.91 Å². The van der Waals surface area contributed by atoms with Crippen LogP contribution in [-0.4, -0.2) is 68.7 Å². The topological polar surface area (TPSA) is 114 Å². The number of hydrogen-bond acceptors (Lipinski definition) is 8. The molecule has 2 aromatic rings. The number of carbonyl (C=O) groups is 2. The monoisotopic (exact) mass is 472 g/mol. The number of piperidine rings is 3. The van der Waals surface area contributed by atoms with Crippen LogP contribution in [0.2, 0.25) is 0 Å². The summed E-state index contributed by atoms with van der Waals surface area (Å²) in [5.74, 6) is -0.294. The van der Waals surface area contributed by atoms with Gasteiger partial charge in [-0.2, -0.15) is 11.3 Å². The quantitative estimate of drug-likeness (QED) is 0.468. The highest BCUT2D eigenvalue weighted by Crippen LogP contribution is 2.43. The average molecular weight is 473 g/mol. The zero-order valence-electron chi connectivity index (χ0n) is 18.6. The lowest BCUT2D eigenvalue weighted by Crippen LogP contribution is -2.66. The Labute approximate surface area is 196 Å². The third-order valence-corrected chi connectivity index (χ3v) is 8.43. The molecule has 4 fully saturated rings. The highest BCUT2D eigenvalue weighted by Gasteiger charge is 2.53. The Morgan fingerprint density at radius 3 is 2.58 bits per heavy atom. The predicted molar refractivity (Wildman–Crippen MR) is 121 cm³/mol. The maximum absolute atomic E-state index is 13.5. The van der Waals surface area contributed by atoms with Gasteiger partial charge in [-0.25, -0.2) is 19.7 Å². The van der Waals surface area contributed by atoms with E-state index in [4.69, 9.17) is 4.74 Å². The standard InChI is InChI=1S/C23H29N5O4S/c29-20(27-22-25-14-24-15-26-22)12-28-8-5-16(6-9-28)19(11-28)32-21(30)23(31,17-3-1-2-4-17)18-7-10-33-13-18/h7,10,13-17,19,31H,1-6,8-9,11-12H2/p+1/t16?,19-,23?,28?/m0/s1. The van der Waals surface area contributed by atoms with E-state index in [1.807, 2.05) is 16.8 Å². The molecule has 4 aliphatic rings. The van der Waals surface area contributed by atoms with Crippen molar-refractivity contribution < 1.29 is 23.9 Å². The fraction of sp³-hybridized carbons (Fsp3) is 0.609. The van der Waals surface area contributed by atoms with Gasteiger partial charge in [-0.05, 0) is 29.7 Å². The number of ether oxygens (including phenoxy) is 1. The van der Waals surface area contributed by atoms with Crippen molar-refractivity contribution in [1.29, 1.82) is 0 Å². The zero-order valence-corrected chi connectivity index (χ0v) is 19.4. The summed E-state index contributed by atoms with van der Waals surface area (Å²) in [4.78, 5) is 37.9. The fourth-order valence-electron chi connectivity index (χ4n) is 5.92. The summed E-state index contributed by atoms with van der Waals surface area (Å²) in [5, 5.41) is 18.1. The number of esters is 1. The summed E-state index contributed by atoms with van der Waals surface area (Å²) in [6.07, 6.45) is 7.89. The highest BCUT2D eigenvalue weighted by atomic mass is 32.1. The Hall–Kier alpha value is -2.43. The predicted octanol–water partition coefficient (Wildman–Crippen LogP) is 2.10. The van der Waals surface area contributed by atoms with Gasteiger partial charge in [-0.15, -0.1) is 0 Å². The maximum Gasteiger partial charge on any atom is 0.343 e. The van der Waals surface area contributed by atoms with Crippen LogP contribution in [0.3, 0.4) is 0 Å². The Morgan fingerprint density at radius 1 is 1.18 bits per heavy atom. The molecule has 2 aromatic heterocycles. The van der Waals surface area contributed by atoms with Crippen LogP contribution in [-0.2, 0) is 19.9 Å². The molecule has 3 aliphatic heterocycles. The van der Waals surface area contributed by atoms with Crippen LogP contribution in [0.4, 0.5) is 5.95 Å². The van der Waals surface area contributed by atoms with Gasteiger partial charge in [0.05, 0.1) is 13.1 Å². The van der Waals surface area contributed by atoms with Gasteiger partial charge in [-0.3, -0.25) is 10.1 Å². The summed E-state index contributed by atoms with van der Waals surface area (Å²) in [6, 6.07) is 1.83. The second kappa shape index (κ2) is 9.08. The Kier molecular flexibility index (Phi) is 6.15. The molecule has 176 valence electrons. The lowest BCUT2D eigenvalue weighted by molar-refractivity contribution is -0.939. The number of thiophene rings is 1. The maximum atomic E-state index is 13.5. The number of carbonyl (C=O) groups excluding carboxylic acids is 2. The molecule has 9 nitrogen and oxygen atoms in total. The number of rotatable bonds is 7. The van der Waals surface area contributed by atoms with Crippen molar-refractivity contribution in [1.82, 2.24) is 15.0 Å². The van der Waals surface area contributed by atoms with Crippen molar-refractivity contribution in [2.75, 3.05) is 31.5 Å². The van der Waals surface area contributed by atoms with Gasteiger partial charge in [0.15, 0.2) is 18.2 Å². The van der Waals surface area contributed by atoms with Gasteiger partial charge in [0.2, 0.25) is 5.95 Å². The van der Waals surface area contributed by atoms with Gasteiger partial charge in [0.1, 0.15) is 19.2 Å². The number of nitrogens with one attached hydrogen (secondary N) is 1. The van der Waals surface area contributed by atoms with Crippen LogP contribution >= 0.6 is 11.3 Å². The van der Waals surface area contributed by atoms with Crippen molar-refractivity contribution in [3.8, 4) is 0 Å². The first kappa shape index (κ1) is 22.4. The first-order chi connectivity index (χ1) is 16.0. The number of amides is 1. The molecule has 1 amide bonds. The van der Waals surface area contributed by atoms with Crippen LogP contribution in [0.25, 0.3) is 0 Å². The molecule has 5 heterocycles. The second-order valence-corrected chi connectivity index (χ2v) is 10.5. The molecular weight excluding hydrogens is 442 g/mol. The molecule has 0 aromatic carbocycles. The van der Waals surface area contributed by atoms with E-state index in [1.165, 1.54) is 24.0 Å². The minimum absolute atomic E-state index is 0.116. The molecule has 1 aliphatic carbocycles. The van der Waals surface area contributed by atoms with Crippen LogP contribution in [0, 0.1) is 11.8 Å². The first-order valence-electron chi connectivity index (χ1n) is 11.7. The van der Waals surface area contributed by atoms with E-state index in [-0.39, 0.29) is 36.3 Å². The van der Waals surface area contributed by atoms with Crippen molar-refractivity contribution in [2.45, 2.75) is 50.2 Å². The molecule has 1 saturated carbocycles. The Balaban J connectivity index is 1.28. The molecule has 0 spiro atoms. The molecular formula is C23H30N5O4S+. The Morgan fingerprint density at radius 2 is 1.91 bits per heavy atom. The normalized spacial score (nSPS) is 28.9. The van der Waals surface area contributed by atoms with Crippen molar-refractivity contribution in [3.05, 3.63) is 35.0 Å². The van der Waals surface area contributed by atoms with Crippen molar-refractivity contribution in [2.24, 2.45) is 11.8 Å². The smallest absolute Gasteiger partial charge is 0.343 e. The van der Waals surface area contributed by atoms with E-state index in [0.29, 0.717) is 16.6 Å². The van der Waals surface area contributed by atoms with E-state index in [0.717, 1.165) is 51.6 Å². The van der Waals surface area contributed by atoms with Gasteiger partial charge >= 0.3 is 5.97 Å². The highest BCUT2D eigenvalue weighted by molar-refractivity contribution is 7.08. The SMILES string of the molecule is O=C(C[N+]12CCC(CC1)[C@@H](OC(=O)C(O)(c1ccsc1)C1CCCC1)C2)Nc1ncncn1. The summed E-state index contributed by atoms with van der Waals surface area (Å²) < 4.78 is 6.66. The molecule has 33 heavy (non-hydrogen) atoms. The van der Waals surface area contributed by atoms with E-state index >= 15 is 0 Å². The summed E-state index contributed by atoms with van der Waals surface area (Å²) in [7, 11) is 0. The van der Waals surface area contributed by atoms with Gasteiger partial charge in [0, 0.05) is 30.2 Å². The summed E-state index contributed by atoms with van der Waals surface area (Å²) >= 11 is 1.48. The van der Waals surface area contributed by atoms with Gasteiger partial charge < -0.3 is 14.3 Å². The summed E-state index contributed by atoms with van der Waals surface area (Å²) in [5.41, 5.74) is -0.949. The van der Waals surface area contributed by atoms with Crippen LogP contribution in [0.5, 0.6) is 0 Å². The number of aromatic nitrogens is 3. The Bertz CT molecular complexity index is 974. The largest absolute Gasteiger partial charge is 0.454 e. The third-order valence-electron chi connectivity index (χ3n) is 7.74. The van der Waals surface area contributed by atoms with Crippen molar-refractivity contribution in [3.63, 3.8) is 0 Å². The number of fused-ring (bicyclic) bond motifs is 3. The molecule has 2 atom stereocenters. The number of aliphatic hydroxyl groups is 1. The fourth-order valence-corrected chi connectivity index (χ4v) is 6.63. The lowest BCUT2D eigenvalue weighted by Gasteiger charge is -2.51. The van der Waals surface area contributed by atoms with Crippen molar-refractivity contribution >= 4 is 29.2 Å². The lowest BCUT2D eigenvalue weighted by atomic mass is 9.80. The average Bonchev–Trinajstić information content (AvgIpc) is 3.54. The molecule has 6 rings (SSSR count). The molecule has 3 saturated heterocycles. The van der Waals surface area contributed by atoms with E-state index in [2.05, 4.69) is 20.3 Å². The van der Waals surface area contributed by atoms with Gasteiger partial charge in [-0.1, -0.05) is 12.8 Å². The number of anilines is 1.